The number of thiazole rings is 1. The molecule has 2 atom stereocenters. The third-order valence-electron chi connectivity index (χ3n) is 4.79. The average molecular weight is 445 g/mol. The number of nitrogens with two attached hydrogens (primary N) is 1. The summed E-state index contributed by atoms with van der Waals surface area (Å²) in [4.78, 5) is 18.9. The molecule has 0 radical (unpaired) electrons. The van der Waals surface area contributed by atoms with E-state index >= 15 is 0 Å². The van der Waals surface area contributed by atoms with Crippen LogP contribution < -0.4 is 11.1 Å². The number of nitrogens with zero attached hydrogens (tertiary/aromatic N) is 2. The molecule has 3 N–H and O–H groups in total. The minimum Gasteiger partial charge on any atom is -0.347 e. The van der Waals surface area contributed by atoms with Crippen molar-refractivity contribution in [2.75, 3.05) is 13.1 Å². The Morgan fingerprint density at radius 1 is 1.18 bits per heavy atom. The summed E-state index contributed by atoms with van der Waals surface area (Å²) < 4.78 is 0. The van der Waals surface area contributed by atoms with Crippen LogP contribution in [-0.2, 0) is 19.6 Å². The molecule has 0 aliphatic carbocycles. The number of amides is 1. The summed E-state index contributed by atoms with van der Waals surface area (Å²) in [6, 6.07) is 8.53. The molecule has 1 aromatic carbocycles. The van der Waals surface area contributed by atoms with Gasteiger partial charge in [-0.3, -0.25) is 9.69 Å². The van der Waals surface area contributed by atoms with Crippen molar-refractivity contribution in [1.82, 2.24) is 15.2 Å². The van der Waals surface area contributed by atoms with Crippen molar-refractivity contribution in [3.05, 3.63) is 51.5 Å². The quantitative estimate of drug-likeness (QED) is 0.709. The van der Waals surface area contributed by atoms with E-state index in [4.69, 9.17) is 5.73 Å². The number of carbonyl (C=O) groups is 1. The number of halogens is 2. The molecule has 1 aliphatic rings. The minimum absolute atomic E-state index is 0. The van der Waals surface area contributed by atoms with E-state index in [1.165, 1.54) is 36.4 Å². The van der Waals surface area contributed by atoms with Gasteiger partial charge >= 0.3 is 0 Å². The Kier molecular flexibility index (Phi) is 10.4. The molecule has 1 amide bonds. The average Bonchev–Trinajstić information content (AvgIpc) is 3.09. The Hall–Kier alpha value is -1.18. The zero-order chi connectivity index (χ0) is 18.5. The monoisotopic (exact) mass is 444 g/mol. The first-order chi connectivity index (χ1) is 12.5. The molecule has 1 aliphatic heterocycles. The zero-order valence-corrected chi connectivity index (χ0v) is 18.8. The molecular formula is C20H30Cl2N4OS. The van der Waals surface area contributed by atoms with E-state index < -0.39 is 0 Å². The van der Waals surface area contributed by atoms with Crippen molar-refractivity contribution in [2.45, 2.75) is 39.9 Å². The molecule has 5 nitrogen and oxygen atoms in total. The zero-order valence-electron chi connectivity index (χ0n) is 16.4. The van der Waals surface area contributed by atoms with Crippen LogP contribution in [0.3, 0.4) is 0 Å². The van der Waals surface area contributed by atoms with Gasteiger partial charge in [0.05, 0.1) is 0 Å². The van der Waals surface area contributed by atoms with Gasteiger partial charge in [-0.25, -0.2) is 4.98 Å². The highest BCUT2D eigenvalue weighted by Crippen LogP contribution is 2.22. The Bertz CT molecular complexity index is 728. The van der Waals surface area contributed by atoms with E-state index in [9.17, 15) is 4.79 Å². The molecule has 2 heterocycles. The van der Waals surface area contributed by atoms with Crippen molar-refractivity contribution < 1.29 is 4.79 Å². The number of nitrogens with one attached hydrogen (secondary N) is 1. The number of aromatic nitrogens is 1. The van der Waals surface area contributed by atoms with Crippen molar-refractivity contribution >= 4 is 42.1 Å². The highest BCUT2D eigenvalue weighted by Gasteiger charge is 2.21. The smallest absolute Gasteiger partial charge is 0.271 e. The standard InChI is InChI=1S/C20H28N4OS.2ClH/c1-14-7-15(2)11-24(10-14)12-17-5-3-16(4-6-17)9-22-20(25)18-13-26-19(8-21)23-18;;/h3-6,13-15H,7-12,21H2,1-2H3,(H,22,25);2*1H. The number of carbonyl (C=O) groups excluding carboxylic acids is 1. The van der Waals surface area contributed by atoms with Crippen LogP contribution in [-0.4, -0.2) is 28.9 Å². The number of hydrogen-bond acceptors (Lipinski definition) is 5. The lowest BCUT2D eigenvalue weighted by molar-refractivity contribution is 0.0946. The number of benzene rings is 1. The molecule has 28 heavy (non-hydrogen) atoms. The SMILES string of the molecule is CC1CC(C)CN(Cc2ccc(CNC(=O)c3csc(CN)n3)cc2)C1.Cl.Cl. The normalized spacial score (nSPS) is 19.4. The highest BCUT2D eigenvalue weighted by atomic mass is 35.5. The molecule has 1 saturated heterocycles. The van der Waals surface area contributed by atoms with Gasteiger partial charge in [0.15, 0.2) is 0 Å². The van der Waals surface area contributed by atoms with Crippen LogP contribution in [0.25, 0.3) is 0 Å². The van der Waals surface area contributed by atoms with Crippen molar-refractivity contribution in [2.24, 2.45) is 17.6 Å². The van der Waals surface area contributed by atoms with E-state index in [1.807, 2.05) is 0 Å². The van der Waals surface area contributed by atoms with E-state index in [0.29, 0.717) is 18.8 Å². The Morgan fingerprint density at radius 3 is 2.36 bits per heavy atom. The van der Waals surface area contributed by atoms with E-state index in [0.717, 1.165) is 29.0 Å². The van der Waals surface area contributed by atoms with Gasteiger partial charge in [-0.05, 0) is 29.4 Å². The predicted molar refractivity (Wildman–Crippen MR) is 120 cm³/mol. The number of piperidine rings is 1. The second-order valence-corrected chi connectivity index (χ2v) is 8.41. The molecule has 0 bridgehead atoms. The first-order valence-corrected chi connectivity index (χ1v) is 10.1. The summed E-state index contributed by atoms with van der Waals surface area (Å²) in [5, 5.41) is 5.45. The fraction of sp³-hybridized carbons (Fsp3) is 0.500. The maximum Gasteiger partial charge on any atom is 0.271 e. The molecule has 2 unspecified atom stereocenters. The molecule has 1 fully saturated rings. The predicted octanol–water partition coefficient (Wildman–Crippen LogP) is 3.85. The summed E-state index contributed by atoms with van der Waals surface area (Å²) in [5.74, 6) is 1.40. The number of rotatable bonds is 6. The van der Waals surface area contributed by atoms with E-state index in [1.54, 1.807) is 5.38 Å². The molecule has 0 spiro atoms. The minimum atomic E-state index is -0.152. The lowest BCUT2D eigenvalue weighted by atomic mass is 9.91. The van der Waals surface area contributed by atoms with Gasteiger partial charge in [0, 0.05) is 38.1 Å². The van der Waals surface area contributed by atoms with Gasteiger partial charge in [-0.1, -0.05) is 38.1 Å². The van der Waals surface area contributed by atoms with Crippen LogP contribution in [0, 0.1) is 11.8 Å². The Labute approximate surface area is 183 Å². The molecule has 2 aromatic rings. The molecular weight excluding hydrogens is 415 g/mol. The lowest BCUT2D eigenvalue weighted by Gasteiger charge is -2.35. The van der Waals surface area contributed by atoms with Gasteiger partial charge < -0.3 is 11.1 Å². The first-order valence-electron chi connectivity index (χ1n) is 9.26. The summed E-state index contributed by atoms with van der Waals surface area (Å²) in [6.07, 6.45) is 1.33. The first kappa shape index (κ1) is 24.9. The number of hydrogen-bond donors (Lipinski definition) is 2. The fourth-order valence-corrected chi connectivity index (χ4v) is 4.38. The van der Waals surface area contributed by atoms with Crippen LogP contribution in [0.4, 0.5) is 0 Å². The Balaban J connectivity index is 0.00000196. The van der Waals surface area contributed by atoms with Crippen LogP contribution in [0.1, 0.15) is 46.9 Å². The number of likely N-dealkylation sites (tertiary alicyclic amines) is 1. The Morgan fingerprint density at radius 2 is 1.79 bits per heavy atom. The van der Waals surface area contributed by atoms with Gasteiger partial charge in [0.2, 0.25) is 0 Å². The highest BCUT2D eigenvalue weighted by molar-refractivity contribution is 7.09. The molecule has 8 heteroatoms. The summed E-state index contributed by atoms with van der Waals surface area (Å²) in [5.41, 5.74) is 8.40. The van der Waals surface area contributed by atoms with Gasteiger partial charge in [-0.2, -0.15) is 0 Å². The molecule has 3 rings (SSSR count). The van der Waals surface area contributed by atoms with Crippen molar-refractivity contribution in [1.29, 1.82) is 0 Å². The maximum absolute atomic E-state index is 12.1. The summed E-state index contributed by atoms with van der Waals surface area (Å²) in [6.45, 7) is 8.92. The molecule has 0 saturated carbocycles. The summed E-state index contributed by atoms with van der Waals surface area (Å²) >= 11 is 1.42. The summed E-state index contributed by atoms with van der Waals surface area (Å²) in [7, 11) is 0. The third-order valence-corrected chi connectivity index (χ3v) is 5.66. The maximum atomic E-state index is 12.1. The van der Waals surface area contributed by atoms with Gasteiger partial charge in [0.25, 0.3) is 5.91 Å². The van der Waals surface area contributed by atoms with E-state index in [-0.39, 0.29) is 30.7 Å². The molecule has 156 valence electrons. The van der Waals surface area contributed by atoms with Crippen LogP contribution in [0.2, 0.25) is 0 Å². The largest absolute Gasteiger partial charge is 0.347 e. The van der Waals surface area contributed by atoms with E-state index in [2.05, 4.69) is 53.3 Å². The molecule has 1 aromatic heterocycles. The van der Waals surface area contributed by atoms with Gasteiger partial charge in [0.1, 0.15) is 10.7 Å². The second kappa shape index (κ2) is 11.7. The third kappa shape index (κ3) is 7.01. The second-order valence-electron chi connectivity index (χ2n) is 7.47. The van der Waals surface area contributed by atoms with Crippen LogP contribution >= 0.6 is 36.2 Å². The lowest BCUT2D eigenvalue weighted by Crippen LogP contribution is -2.38. The van der Waals surface area contributed by atoms with Gasteiger partial charge in [-0.15, -0.1) is 36.2 Å². The van der Waals surface area contributed by atoms with Crippen LogP contribution in [0.15, 0.2) is 29.6 Å². The van der Waals surface area contributed by atoms with Crippen LogP contribution in [0.5, 0.6) is 0 Å². The fourth-order valence-electron chi connectivity index (χ4n) is 3.72. The topological polar surface area (TPSA) is 71.2 Å². The van der Waals surface area contributed by atoms with Crippen molar-refractivity contribution in [3.8, 4) is 0 Å². The van der Waals surface area contributed by atoms with Crippen molar-refractivity contribution in [3.63, 3.8) is 0 Å².